The highest BCUT2D eigenvalue weighted by Crippen LogP contribution is 2.48. The summed E-state index contributed by atoms with van der Waals surface area (Å²) in [5, 5.41) is 1.64. The number of rotatable bonds is 2. The maximum absolute atomic E-state index is 6.64. The Kier molecular flexibility index (Phi) is 4.80. The second kappa shape index (κ2) is 7.48. The van der Waals surface area contributed by atoms with Gasteiger partial charge in [-0.25, -0.2) is 9.97 Å². The van der Waals surface area contributed by atoms with Crippen molar-refractivity contribution in [3.8, 4) is 0 Å². The van der Waals surface area contributed by atoms with Crippen LogP contribution in [0.2, 0.25) is 5.02 Å². The third-order valence-electron chi connectivity index (χ3n) is 6.35. The second-order valence-electron chi connectivity index (χ2n) is 8.87. The van der Waals surface area contributed by atoms with Gasteiger partial charge in [0.2, 0.25) is 0 Å². The summed E-state index contributed by atoms with van der Waals surface area (Å²) in [7, 11) is 0. The Morgan fingerprint density at radius 3 is 2.81 bits per heavy atom. The van der Waals surface area contributed by atoms with Crippen LogP contribution in [0.15, 0.2) is 36.8 Å². The Morgan fingerprint density at radius 2 is 1.94 bits per heavy atom. The van der Waals surface area contributed by atoms with Crippen molar-refractivity contribution in [3.05, 3.63) is 58.6 Å². The van der Waals surface area contributed by atoms with Crippen molar-refractivity contribution in [2.45, 2.75) is 63.8 Å². The number of aryl methyl sites for hydroxylation is 1. The summed E-state index contributed by atoms with van der Waals surface area (Å²) in [5.74, 6) is -0.743. The predicted molar refractivity (Wildman–Crippen MR) is 115 cm³/mol. The predicted octanol–water partition coefficient (Wildman–Crippen LogP) is 4.06. The number of hydrogen-bond acceptors (Lipinski definition) is 7. The van der Waals surface area contributed by atoms with Crippen molar-refractivity contribution in [1.29, 1.82) is 0 Å². The molecule has 2 fully saturated rings. The molecule has 0 amide bonds. The van der Waals surface area contributed by atoms with E-state index in [4.69, 9.17) is 35.3 Å². The smallest absolute Gasteiger partial charge is 0.164 e. The molecule has 0 radical (unpaired) electrons. The highest BCUT2D eigenvalue weighted by atomic mass is 35.5. The Morgan fingerprint density at radius 1 is 1.09 bits per heavy atom. The van der Waals surface area contributed by atoms with Crippen LogP contribution in [-0.4, -0.2) is 45.4 Å². The summed E-state index contributed by atoms with van der Waals surface area (Å²) in [6.45, 7) is 6.39. The van der Waals surface area contributed by atoms with E-state index in [0.717, 1.165) is 27.9 Å². The first-order valence-electron chi connectivity index (χ1n) is 10.7. The van der Waals surface area contributed by atoms with E-state index in [9.17, 15) is 0 Å². The van der Waals surface area contributed by atoms with E-state index in [-0.39, 0.29) is 19.0 Å². The fraction of sp³-hybridized carbons (Fsp3) is 0.478. The molecule has 8 nitrogen and oxygen atoms in total. The van der Waals surface area contributed by atoms with Gasteiger partial charge in [0, 0.05) is 16.6 Å². The van der Waals surface area contributed by atoms with E-state index in [1.807, 2.05) is 55.8 Å². The minimum atomic E-state index is -0.743. The summed E-state index contributed by atoms with van der Waals surface area (Å²) in [6, 6.07) is 7.76. The zero-order valence-corrected chi connectivity index (χ0v) is 18.8. The van der Waals surface area contributed by atoms with Crippen molar-refractivity contribution >= 4 is 22.6 Å². The molecule has 3 aliphatic rings. The van der Waals surface area contributed by atoms with Crippen LogP contribution in [0.1, 0.15) is 43.0 Å². The lowest BCUT2D eigenvalue weighted by Gasteiger charge is -2.29. The van der Waals surface area contributed by atoms with Gasteiger partial charge in [0.05, 0.1) is 12.3 Å². The minimum absolute atomic E-state index is 0.155. The van der Waals surface area contributed by atoms with E-state index >= 15 is 0 Å². The van der Waals surface area contributed by atoms with Gasteiger partial charge in [-0.3, -0.25) is 0 Å². The molecule has 6 rings (SSSR count). The van der Waals surface area contributed by atoms with Gasteiger partial charge in [0.15, 0.2) is 12.0 Å². The zero-order chi connectivity index (χ0) is 22.0. The van der Waals surface area contributed by atoms with Crippen LogP contribution < -0.4 is 0 Å². The number of fused-ring (bicyclic) bond motifs is 3. The van der Waals surface area contributed by atoms with E-state index in [1.165, 1.54) is 0 Å². The van der Waals surface area contributed by atoms with Gasteiger partial charge in [-0.15, -0.1) is 0 Å². The fourth-order valence-electron chi connectivity index (χ4n) is 4.99. The van der Waals surface area contributed by atoms with Gasteiger partial charge in [-0.05, 0) is 50.1 Å². The molecule has 5 atom stereocenters. The molecule has 2 aromatic heterocycles. The minimum Gasteiger partial charge on any atom is -0.351 e. The van der Waals surface area contributed by atoms with Crippen molar-refractivity contribution in [2.24, 2.45) is 0 Å². The number of benzene rings is 1. The first-order chi connectivity index (χ1) is 15.4. The molecule has 0 bridgehead atoms. The van der Waals surface area contributed by atoms with E-state index < -0.39 is 24.2 Å². The monoisotopic (exact) mass is 457 g/mol. The van der Waals surface area contributed by atoms with Crippen molar-refractivity contribution in [2.75, 3.05) is 6.79 Å². The molecule has 0 aliphatic carbocycles. The molecule has 2 saturated heterocycles. The van der Waals surface area contributed by atoms with Crippen LogP contribution in [0.3, 0.4) is 0 Å². The van der Waals surface area contributed by atoms with Gasteiger partial charge in [-0.2, -0.15) is 0 Å². The molecule has 3 aliphatic heterocycles. The number of nitrogens with zero attached hydrogens (tertiary/aromatic N) is 3. The molecule has 3 aromatic rings. The SMILES string of the molecule is Cc1ncnc2c1ccn2[C@@H]1OC([C@@H]2OCOCc3cc(Cl)ccc32)[C@H]2OC(C)(C)O[C@H]21. The van der Waals surface area contributed by atoms with E-state index in [0.29, 0.717) is 11.6 Å². The van der Waals surface area contributed by atoms with Crippen molar-refractivity contribution in [1.82, 2.24) is 14.5 Å². The number of aromatic nitrogens is 3. The summed E-state index contributed by atoms with van der Waals surface area (Å²) in [5.41, 5.74) is 3.68. The van der Waals surface area contributed by atoms with E-state index in [1.54, 1.807) is 6.33 Å². The maximum Gasteiger partial charge on any atom is 0.164 e. The second-order valence-corrected chi connectivity index (χ2v) is 9.31. The molecule has 1 unspecified atom stereocenters. The number of ether oxygens (including phenoxy) is 5. The Balaban J connectivity index is 1.42. The topological polar surface area (TPSA) is 76.9 Å². The Bertz CT molecular complexity index is 1180. The van der Waals surface area contributed by atoms with Crippen molar-refractivity contribution < 1.29 is 23.7 Å². The molecule has 168 valence electrons. The Hall–Kier alpha value is -2.07. The van der Waals surface area contributed by atoms with Gasteiger partial charge in [0.25, 0.3) is 0 Å². The van der Waals surface area contributed by atoms with Gasteiger partial charge >= 0.3 is 0 Å². The van der Waals surface area contributed by atoms with E-state index in [2.05, 4.69) is 9.97 Å². The molecular weight excluding hydrogens is 434 g/mol. The number of hydrogen-bond donors (Lipinski definition) is 0. The fourth-order valence-corrected chi connectivity index (χ4v) is 5.18. The Labute approximate surface area is 190 Å². The molecule has 0 N–H and O–H groups in total. The average molecular weight is 458 g/mol. The average Bonchev–Trinajstić information content (AvgIpc) is 3.35. The molecule has 0 spiro atoms. The van der Waals surface area contributed by atoms with Crippen molar-refractivity contribution in [3.63, 3.8) is 0 Å². The summed E-state index contributed by atoms with van der Waals surface area (Å²) in [6.07, 6.45) is 1.65. The third kappa shape index (κ3) is 3.25. The molecule has 5 heterocycles. The van der Waals surface area contributed by atoms with Gasteiger partial charge in [0.1, 0.15) is 43.2 Å². The van der Waals surface area contributed by atoms with Crippen LogP contribution >= 0.6 is 11.6 Å². The summed E-state index contributed by atoms with van der Waals surface area (Å²) < 4.78 is 33.1. The van der Waals surface area contributed by atoms with Crippen LogP contribution in [0.5, 0.6) is 0 Å². The lowest BCUT2D eigenvalue weighted by atomic mass is 9.95. The number of halogens is 1. The maximum atomic E-state index is 6.64. The van der Waals surface area contributed by atoms with Gasteiger partial charge in [-0.1, -0.05) is 17.7 Å². The van der Waals surface area contributed by atoms with Gasteiger partial charge < -0.3 is 28.3 Å². The first kappa shape index (κ1) is 20.5. The van der Waals surface area contributed by atoms with Crippen LogP contribution in [-0.2, 0) is 30.3 Å². The largest absolute Gasteiger partial charge is 0.351 e. The van der Waals surface area contributed by atoms with Crippen LogP contribution in [0.25, 0.3) is 11.0 Å². The lowest BCUT2D eigenvalue weighted by molar-refractivity contribution is -0.218. The standard InChI is InChI=1S/C23H24ClN3O5/c1-12-15-6-7-27(21(15)26-10-25-12)22-20-19(31-23(2,3)32-20)18(30-22)17-16-5-4-14(24)8-13(16)9-28-11-29-17/h4-8,10,17-20,22H,9,11H2,1-3H3/t17-,18?,19-,20-,22-/m1/s1. The zero-order valence-electron chi connectivity index (χ0n) is 18.0. The lowest BCUT2D eigenvalue weighted by Crippen LogP contribution is -2.35. The first-order valence-corrected chi connectivity index (χ1v) is 11.1. The van der Waals surface area contributed by atoms with Crippen LogP contribution in [0.4, 0.5) is 0 Å². The van der Waals surface area contributed by atoms with Crippen LogP contribution in [0, 0.1) is 6.92 Å². The molecule has 1 aromatic carbocycles. The highest BCUT2D eigenvalue weighted by molar-refractivity contribution is 6.30. The third-order valence-corrected chi connectivity index (χ3v) is 6.58. The highest BCUT2D eigenvalue weighted by Gasteiger charge is 2.58. The molecular formula is C23H24ClN3O5. The summed E-state index contributed by atoms with van der Waals surface area (Å²) >= 11 is 6.24. The molecule has 0 saturated carbocycles. The quantitative estimate of drug-likeness (QED) is 0.574. The normalized spacial score (nSPS) is 31.4. The molecule has 9 heteroatoms. The summed E-state index contributed by atoms with van der Waals surface area (Å²) in [4.78, 5) is 8.81. The molecule has 32 heavy (non-hydrogen) atoms.